The first-order valence-electron chi connectivity index (χ1n) is 29.5. The quantitative estimate of drug-likeness (QED) is 0.00973. The lowest BCUT2D eigenvalue weighted by atomic mass is 9.84. The zero-order valence-electron chi connectivity index (χ0n) is 48.5. The van der Waals surface area contributed by atoms with Gasteiger partial charge in [0.1, 0.15) is 42.9 Å². The van der Waals surface area contributed by atoms with Crippen molar-refractivity contribution in [2.45, 2.75) is 190 Å². The van der Waals surface area contributed by atoms with Crippen molar-refractivity contribution in [3.05, 3.63) is 10.4 Å². The maximum Gasteiger partial charge on any atom is 0.246 e. The minimum atomic E-state index is -1.25. The van der Waals surface area contributed by atoms with Crippen LogP contribution in [0.1, 0.15) is 154 Å². The molecule has 472 valence electrons. The minimum Gasteiger partial charge on any atom is -0.379 e. The lowest BCUT2D eigenvalue weighted by Crippen LogP contribution is -2.60. The maximum absolute atomic E-state index is 14.8. The predicted octanol–water partition coefficient (Wildman–Crippen LogP) is 0.234. The Morgan fingerprint density at radius 2 is 0.735 bits per heavy atom. The first-order chi connectivity index (χ1) is 39.4. The maximum atomic E-state index is 14.8. The lowest BCUT2D eigenvalue weighted by Gasteiger charge is -2.31. The van der Waals surface area contributed by atoms with Gasteiger partial charge in [-0.3, -0.25) is 48.5 Å². The summed E-state index contributed by atoms with van der Waals surface area (Å²) >= 11 is 0. The topological polar surface area (TPSA) is 487 Å². The van der Waals surface area contributed by atoms with E-state index in [4.69, 9.17) is 59.9 Å². The minimum absolute atomic E-state index is 0. The van der Waals surface area contributed by atoms with E-state index < -0.39 is 77.6 Å². The molecule has 0 bridgehead atoms. The molecule has 30 heteroatoms. The highest BCUT2D eigenvalue weighted by molar-refractivity contribution is 5.97. The number of primary amides is 1. The van der Waals surface area contributed by atoms with Gasteiger partial charge in [-0.1, -0.05) is 101 Å². The number of nitrogens with one attached hydrogen (secondary N) is 6. The molecule has 0 saturated heterocycles. The van der Waals surface area contributed by atoms with Gasteiger partial charge in [0, 0.05) is 31.1 Å². The molecule has 0 heterocycles. The number of carbonyl (C=O) groups excluding carboxylic acids is 7. The number of aliphatic imine (C=N–C) groups is 3. The van der Waals surface area contributed by atoms with Crippen LogP contribution in [0.3, 0.4) is 0 Å². The number of hydrogen-bond acceptors (Lipinski definition) is 14. The van der Waals surface area contributed by atoms with Crippen LogP contribution in [-0.4, -0.2) is 161 Å². The van der Waals surface area contributed by atoms with E-state index in [9.17, 15) is 33.6 Å². The van der Waals surface area contributed by atoms with Crippen molar-refractivity contribution in [2.24, 2.45) is 78.0 Å². The van der Waals surface area contributed by atoms with Gasteiger partial charge >= 0.3 is 0 Å². The van der Waals surface area contributed by atoms with Crippen molar-refractivity contribution >= 4 is 71.6 Å². The molecule has 3 rings (SSSR count). The fraction of sp³-hybridized carbons (Fsp3) is 0.811. The van der Waals surface area contributed by atoms with E-state index in [1.807, 2.05) is 0 Å². The zero-order chi connectivity index (χ0) is 59.9. The van der Waals surface area contributed by atoms with Gasteiger partial charge in [0.25, 0.3) is 0 Å². The number of hydrogen-bond donors (Lipinski definition) is 13. The monoisotopic (exact) mass is 1200 g/mol. The number of ether oxygens (including phenoxy) is 3. The van der Waals surface area contributed by atoms with Gasteiger partial charge in [0.05, 0.1) is 33.0 Å². The van der Waals surface area contributed by atoms with Gasteiger partial charge < -0.3 is 86.2 Å². The van der Waals surface area contributed by atoms with E-state index in [-0.39, 0.29) is 159 Å². The summed E-state index contributed by atoms with van der Waals surface area (Å²) < 4.78 is 16.4. The van der Waals surface area contributed by atoms with Crippen LogP contribution in [-0.2, 0) is 47.8 Å². The van der Waals surface area contributed by atoms with E-state index in [0.29, 0.717) is 12.8 Å². The van der Waals surface area contributed by atoms with Gasteiger partial charge in [-0.15, -0.1) is 12.4 Å². The largest absolute Gasteiger partial charge is 0.379 e. The summed E-state index contributed by atoms with van der Waals surface area (Å²) in [6.45, 7) is 1.34. The summed E-state index contributed by atoms with van der Waals surface area (Å²) in [5.41, 5.74) is 47.5. The van der Waals surface area contributed by atoms with Crippen molar-refractivity contribution in [1.29, 1.82) is 0 Å². The van der Waals surface area contributed by atoms with E-state index in [0.717, 1.165) is 96.3 Å². The number of halogens is 1. The average molecular weight is 1200 g/mol. The van der Waals surface area contributed by atoms with Gasteiger partial charge in [0.2, 0.25) is 41.4 Å². The van der Waals surface area contributed by atoms with Crippen LogP contribution in [0.2, 0.25) is 0 Å². The molecule has 83 heavy (non-hydrogen) atoms. The summed E-state index contributed by atoms with van der Waals surface area (Å²) in [5.74, 6) is -4.77. The summed E-state index contributed by atoms with van der Waals surface area (Å²) in [5, 5.41) is 20.5. The molecule has 29 nitrogen and oxygen atoms in total. The molecule has 0 aromatic rings. The van der Waals surface area contributed by atoms with Crippen molar-refractivity contribution in [2.75, 3.05) is 65.8 Å². The van der Waals surface area contributed by atoms with Crippen LogP contribution in [0.25, 0.3) is 10.4 Å². The Morgan fingerprint density at radius 1 is 0.422 bits per heavy atom. The Labute approximate surface area is 494 Å². The standard InChI is InChI=1S/C53H97N19O10.ClH/c54-45(74)38(19-10-22-62-51(55)56)67-49(78)42(32-36-15-6-2-7-16-36)70-47(76)40(21-12-24-64-53(59)60)69-50(79)43(33-37-17-8-3-9-18-37)71-46(75)39(20-11-23-63-52(57)58)68-48(77)41(31-35-13-4-1-5-14-35)66-44(73)34-82-30-29-81-28-27-80-26-25-65-72-61;/h35-43H,1-34H2,(H2,54,74)(H,66,73)(H,67,78)(H,68,77)(H,69,79)(H,70,76)(H,71,75)(H4,55,56,62)(H4,57,58,63)(H4,59,60,64);1H/t38-,39-,40-,41+,42+,43+;/m1./s1. The van der Waals surface area contributed by atoms with Crippen LogP contribution in [0.4, 0.5) is 0 Å². The highest BCUT2D eigenvalue weighted by Crippen LogP contribution is 2.30. The number of azide groups is 1. The highest BCUT2D eigenvalue weighted by Gasteiger charge is 2.36. The lowest BCUT2D eigenvalue weighted by molar-refractivity contribution is -0.136. The first-order valence-corrected chi connectivity index (χ1v) is 29.5. The Kier molecular flexibility index (Phi) is 37.9. The molecular weight excluding hydrogens is 1100 g/mol. The molecule has 0 aromatic heterocycles. The average Bonchev–Trinajstić information content (AvgIpc) is 3.66. The Morgan fingerprint density at radius 3 is 1.10 bits per heavy atom. The predicted molar refractivity (Wildman–Crippen MR) is 318 cm³/mol. The van der Waals surface area contributed by atoms with Gasteiger partial charge in [-0.05, 0) is 81.1 Å². The number of nitrogens with zero attached hydrogens (tertiary/aromatic N) is 6. The Balaban J connectivity index is 0.0000235. The smallest absolute Gasteiger partial charge is 0.246 e. The van der Waals surface area contributed by atoms with Crippen molar-refractivity contribution < 1.29 is 47.8 Å². The fourth-order valence-electron chi connectivity index (χ4n) is 10.6. The molecular formula is C53H98ClN19O10. The Bertz CT molecular complexity index is 2090. The van der Waals surface area contributed by atoms with Gasteiger partial charge in [0.15, 0.2) is 17.9 Å². The van der Waals surface area contributed by atoms with Gasteiger partial charge in [-0.2, -0.15) is 0 Å². The molecule has 0 spiro atoms. The third-order valence-electron chi connectivity index (χ3n) is 14.9. The summed E-state index contributed by atoms with van der Waals surface area (Å²) in [6, 6.07) is -6.91. The molecule has 0 unspecified atom stereocenters. The first kappa shape index (κ1) is 72.7. The Hall–Kier alpha value is -6.42. The molecule has 0 radical (unpaired) electrons. The number of carbonyl (C=O) groups is 7. The van der Waals surface area contributed by atoms with E-state index >= 15 is 0 Å². The van der Waals surface area contributed by atoms with E-state index in [2.05, 4.69) is 56.9 Å². The molecule has 3 saturated carbocycles. The third kappa shape index (κ3) is 32.9. The van der Waals surface area contributed by atoms with Crippen LogP contribution < -0.4 is 72.0 Å². The van der Waals surface area contributed by atoms with E-state index in [1.54, 1.807) is 0 Å². The summed E-state index contributed by atoms with van der Waals surface area (Å²) in [6.07, 6.45) is 15.6. The molecule has 3 aliphatic carbocycles. The van der Waals surface area contributed by atoms with Crippen LogP contribution in [0, 0.1) is 17.8 Å². The fourth-order valence-corrected chi connectivity index (χ4v) is 10.6. The number of rotatable bonds is 41. The van der Waals surface area contributed by atoms with Crippen molar-refractivity contribution in [3.63, 3.8) is 0 Å². The molecule has 6 atom stereocenters. The SMILES string of the molecule is Cl.[N-]=[N+]=NCCOCCOCCOCC(=O)N[C@@H](CC1CCCCC1)C(=O)N[C@H](CCCN=C(N)N)C(=O)N[C@@H](CC1CCCCC1)C(=O)N[C@H](CCCN=C(N)N)C(=O)N[C@@H](CC1CCCCC1)C(=O)N[C@H](CCCN=C(N)N)C(N)=O. The molecule has 0 aliphatic heterocycles. The zero-order valence-corrected chi connectivity index (χ0v) is 49.3. The third-order valence-corrected chi connectivity index (χ3v) is 14.9. The molecule has 3 aliphatic rings. The molecule has 20 N–H and O–H groups in total. The number of nitrogens with two attached hydrogens (primary N) is 7. The summed E-state index contributed by atoms with van der Waals surface area (Å²) in [7, 11) is 0. The molecule has 3 fully saturated rings. The second-order valence-electron chi connectivity index (χ2n) is 21.6. The normalized spacial score (nSPS) is 16.9. The van der Waals surface area contributed by atoms with Crippen LogP contribution >= 0.6 is 12.4 Å². The molecule has 0 aromatic carbocycles. The van der Waals surface area contributed by atoms with Gasteiger partial charge in [-0.25, -0.2) is 0 Å². The van der Waals surface area contributed by atoms with Crippen molar-refractivity contribution in [1.82, 2.24) is 31.9 Å². The highest BCUT2D eigenvalue weighted by atomic mass is 35.5. The van der Waals surface area contributed by atoms with Crippen LogP contribution in [0.15, 0.2) is 20.1 Å². The van der Waals surface area contributed by atoms with Crippen molar-refractivity contribution in [3.8, 4) is 0 Å². The summed E-state index contributed by atoms with van der Waals surface area (Å²) in [4.78, 5) is 113. The second-order valence-corrected chi connectivity index (χ2v) is 21.6. The molecule has 7 amide bonds. The van der Waals surface area contributed by atoms with Crippen LogP contribution in [0.5, 0.6) is 0 Å². The number of amides is 7. The second kappa shape index (κ2) is 43.3. The van der Waals surface area contributed by atoms with E-state index in [1.165, 1.54) is 0 Å². The number of guanidine groups is 3.